The lowest BCUT2D eigenvalue weighted by Crippen LogP contribution is -2.12. The lowest BCUT2D eigenvalue weighted by atomic mass is 10.2. The van der Waals surface area contributed by atoms with Crippen molar-refractivity contribution in [2.45, 2.75) is 13.8 Å². The summed E-state index contributed by atoms with van der Waals surface area (Å²) in [7, 11) is 0. The second-order valence-electron chi connectivity index (χ2n) is 3.91. The van der Waals surface area contributed by atoms with Crippen LogP contribution < -0.4 is 11.1 Å². The maximum Gasteiger partial charge on any atom is 0.258 e. The van der Waals surface area contributed by atoms with Crippen molar-refractivity contribution >= 4 is 33.4 Å². The number of carbonyl (C=O) groups is 1. The van der Waals surface area contributed by atoms with E-state index in [2.05, 4.69) is 26.4 Å². The number of aromatic nitrogens is 1. The first kappa shape index (κ1) is 12.6. The van der Waals surface area contributed by atoms with Crippen molar-refractivity contribution in [1.29, 1.82) is 0 Å². The van der Waals surface area contributed by atoms with Gasteiger partial charge in [0, 0.05) is 21.3 Å². The van der Waals surface area contributed by atoms with Crippen LogP contribution in [0.1, 0.15) is 21.6 Å². The maximum absolute atomic E-state index is 12.0. The van der Waals surface area contributed by atoms with Crippen LogP contribution >= 0.6 is 15.9 Å². The fourth-order valence-electron chi connectivity index (χ4n) is 1.39. The Bertz CT molecular complexity index is 607. The van der Waals surface area contributed by atoms with Crippen LogP contribution in [-0.2, 0) is 0 Å². The van der Waals surface area contributed by atoms with Crippen molar-refractivity contribution in [2.75, 3.05) is 11.1 Å². The number of nitrogens with one attached hydrogen (secondary N) is 1. The van der Waals surface area contributed by atoms with Gasteiger partial charge in [0.05, 0.1) is 5.69 Å². The zero-order valence-corrected chi connectivity index (χ0v) is 11.5. The quantitative estimate of drug-likeness (QED) is 0.836. The third-order valence-electron chi connectivity index (χ3n) is 2.64. The number of nitrogens with zero attached hydrogens (tertiary/aromatic N) is 1. The SMILES string of the molecule is Cc1noc(NC(=O)c2ccc(Br)c(N)c2)c1C. The molecule has 1 amide bonds. The number of amides is 1. The van der Waals surface area contributed by atoms with Gasteiger partial charge in [0.2, 0.25) is 5.88 Å². The number of nitrogen functional groups attached to an aromatic ring is 1. The minimum absolute atomic E-state index is 0.284. The van der Waals surface area contributed by atoms with Gasteiger partial charge in [0.25, 0.3) is 5.91 Å². The van der Waals surface area contributed by atoms with E-state index < -0.39 is 0 Å². The Balaban J connectivity index is 2.22. The summed E-state index contributed by atoms with van der Waals surface area (Å²) >= 11 is 3.28. The first-order valence-electron chi connectivity index (χ1n) is 5.28. The molecule has 0 saturated carbocycles. The molecule has 1 aromatic carbocycles. The van der Waals surface area contributed by atoms with Gasteiger partial charge in [-0.05, 0) is 48.0 Å². The largest absolute Gasteiger partial charge is 0.398 e. The van der Waals surface area contributed by atoms with Crippen molar-refractivity contribution in [3.05, 3.63) is 39.5 Å². The van der Waals surface area contributed by atoms with Gasteiger partial charge in [-0.25, -0.2) is 0 Å². The molecule has 0 unspecified atom stereocenters. The van der Waals surface area contributed by atoms with Gasteiger partial charge in [-0.2, -0.15) is 0 Å². The number of hydrogen-bond acceptors (Lipinski definition) is 4. The van der Waals surface area contributed by atoms with Gasteiger partial charge in [0.1, 0.15) is 0 Å². The predicted molar refractivity (Wildman–Crippen MR) is 72.5 cm³/mol. The van der Waals surface area contributed by atoms with Crippen LogP contribution in [0, 0.1) is 13.8 Å². The zero-order chi connectivity index (χ0) is 13.3. The van der Waals surface area contributed by atoms with E-state index in [9.17, 15) is 4.79 Å². The van der Waals surface area contributed by atoms with Gasteiger partial charge in [0.15, 0.2) is 0 Å². The Morgan fingerprint density at radius 2 is 2.17 bits per heavy atom. The average molecular weight is 310 g/mol. The van der Waals surface area contributed by atoms with Gasteiger partial charge in [-0.3, -0.25) is 10.1 Å². The summed E-state index contributed by atoms with van der Waals surface area (Å²) in [6, 6.07) is 5.00. The van der Waals surface area contributed by atoms with Crippen LogP contribution in [0.15, 0.2) is 27.2 Å². The van der Waals surface area contributed by atoms with E-state index in [-0.39, 0.29) is 5.91 Å². The molecule has 94 valence electrons. The molecule has 18 heavy (non-hydrogen) atoms. The Morgan fingerprint density at radius 3 is 2.72 bits per heavy atom. The highest BCUT2D eigenvalue weighted by molar-refractivity contribution is 9.10. The monoisotopic (exact) mass is 309 g/mol. The zero-order valence-electron chi connectivity index (χ0n) is 9.95. The highest BCUT2D eigenvalue weighted by Crippen LogP contribution is 2.22. The van der Waals surface area contributed by atoms with E-state index in [1.165, 1.54) is 0 Å². The number of nitrogens with two attached hydrogens (primary N) is 1. The minimum Gasteiger partial charge on any atom is -0.398 e. The smallest absolute Gasteiger partial charge is 0.258 e. The molecule has 1 heterocycles. The predicted octanol–water partition coefficient (Wildman–Crippen LogP) is 2.89. The van der Waals surface area contributed by atoms with E-state index in [4.69, 9.17) is 10.3 Å². The highest BCUT2D eigenvalue weighted by atomic mass is 79.9. The van der Waals surface area contributed by atoms with E-state index in [1.54, 1.807) is 18.2 Å². The van der Waals surface area contributed by atoms with E-state index in [1.807, 2.05) is 13.8 Å². The Morgan fingerprint density at radius 1 is 1.44 bits per heavy atom. The Hall–Kier alpha value is -1.82. The fourth-order valence-corrected chi connectivity index (χ4v) is 1.64. The number of rotatable bonds is 2. The van der Waals surface area contributed by atoms with Gasteiger partial charge < -0.3 is 10.3 Å². The van der Waals surface area contributed by atoms with Crippen molar-refractivity contribution in [3.8, 4) is 0 Å². The van der Waals surface area contributed by atoms with Crippen LogP contribution in [0.3, 0.4) is 0 Å². The second kappa shape index (κ2) is 4.81. The van der Waals surface area contributed by atoms with Crippen molar-refractivity contribution in [1.82, 2.24) is 5.16 Å². The van der Waals surface area contributed by atoms with Crippen molar-refractivity contribution in [3.63, 3.8) is 0 Å². The summed E-state index contributed by atoms with van der Waals surface area (Å²) in [5, 5.41) is 6.43. The Labute approximate surface area is 112 Å². The molecule has 1 aromatic heterocycles. The first-order valence-corrected chi connectivity index (χ1v) is 6.07. The topological polar surface area (TPSA) is 81.2 Å². The number of carbonyl (C=O) groups excluding carboxylic acids is 1. The van der Waals surface area contributed by atoms with Crippen LogP contribution in [0.4, 0.5) is 11.6 Å². The van der Waals surface area contributed by atoms with E-state index in [0.717, 1.165) is 15.7 Å². The van der Waals surface area contributed by atoms with Gasteiger partial charge in [-0.15, -0.1) is 0 Å². The summed E-state index contributed by atoms with van der Waals surface area (Å²) in [4.78, 5) is 12.0. The molecule has 0 atom stereocenters. The molecule has 0 bridgehead atoms. The fraction of sp³-hybridized carbons (Fsp3) is 0.167. The number of aryl methyl sites for hydroxylation is 1. The molecule has 5 nitrogen and oxygen atoms in total. The average Bonchev–Trinajstić information content (AvgIpc) is 2.64. The third kappa shape index (κ3) is 2.38. The molecular weight excluding hydrogens is 298 g/mol. The third-order valence-corrected chi connectivity index (χ3v) is 3.36. The van der Waals surface area contributed by atoms with E-state index >= 15 is 0 Å². The molecule has 0 aliphatic heterocycles. The number of hydrogen-bond donors (Lipinski definition) is 2. The summed E-state index contributed by atoms with van der Waals surface area (Å²) in [5.41, 5.74) is 8.26. The van der Waals surface area contributed by atoms with Crippen molar-refractivity contribution < 1.29 is 9.32 Å². The van der Waals surface area contributed by atoms with Crippen LogP contribution in [0.2, 0.25) is 0 Å². The molecule has 3 N–H and O–H groups in total. The lowest BCUT2D eigenvalue weighted by molar-refractivity contribution is 0.102. The highest BCUT2D eigenvalue weighted by Gasteiger charge is 2.13. The summed E-state index contributed by atoms with van der Waals surface area (Å²) in [5.74, 6) is 0.0763. The number of halogens is 1. The van der Waals surface area contributed by atoms with Crippen LogP contribution in [0.25, 0.3) is 0 Å². The second-order valence-corrected chi connectivity index (χ2v) is 4.77. The normalized spacial score (nSPS) is 10.4. The number of benzene rings is 1. The summed E-state index contributed by atoms with van der Waals surface area (Å²) in [6.45, 7) is 3.64. The molecular formula is C12H12BrN3O2. The molecule has 2 rings (SSSR count). The molecule has 0 aliphatic rings. The molecule has 0 aliphatic carbocycles. The first-order chi connectivity index (χ1) is 8.49. The van der Waals surface area contributed by atoms with Crippen molar-refractivity contribution in [2.24, 2.45) is 0 Å². The molecule has 0 saturated heterocycles. The molecule has 0 radical (unpaired) electrons. The molecule has 6 heteroatoms. The lowest BCUT2D eigenvalue weighted by Gasteiger charge is -2.04. The number of anilines is 2. The summed E-state index contributed by atoms with van der Waals surface area (Å²) in [6.07, 6.45) is 0. The Kier molecular flexibility index (Phi) is 3.38. The standard InChI is InChI=1S/C12H12BrN3O2/c1-6-7(2)16-18-12(6)15-11(17)8-3-4-9(13)10(14)5-8/h3-5H,14H2,1-2H3,(H,15,17). The summed E-state index contributed by atoms with van der Waals surface area (Å²) < 4.78 is 5.77. The van der Waals surface area contributed by atoms with Crippen LogP contribution in [0.5, 0.6) is 0 Å². The van der Waals surface area contributed by atoms with Gasteiger partial charge >= 0.3 is 0 Å². The molecule has 0 fully saturated rings. The van der Waals surface area contributed by atoms with Crippen LogP contribution in [-0.4, -0.2) is 11.1 Å². The van der Waals surface area contributed by atoms with E-state index in [0.29, 0.717) is 17.1 Å². The molecule has 2 aromatic rings. The minimum atomic E-state index is -0.284. The maximum atomic E-state index is 12.0. The van der Waals surface area contributed by atoms with Gasteiger partial charge in [-0.1, -0.05) is 5.16 Å². The molecule has 0 spiro atoms.